The molecule has 0 amide bonds. The second kappa shape index (κ2) is 11.9. The van der Waals surface area contributed by atoms with Gasteiger partial charge in [0.25, 0.3) is 0 Å². The minimum absolute atomic E-state index is 0.438. The fourth-order valence-corrected chi connectivity index (χ4v) is 4.97. The van der Waals surface area contributed by atoms with E-state index in [9.17, 15) is 5.11 Å². The molecule has 0 saturated carbocycles. The maximum Gasteiger partial charge on any atom is 0.225 e. The van der Waals surface area contributed by atoms with Gasteiger partial charge < -0.3 is 14.7 Å². The summed E-state index contributed by atoms with van der Waals surface area (Å²) in [5.74, 6) is 1.59. The molecule has 1 aliphatic heterocycles. The van der Waals surface area contributed by atoms with Gasteiger partial charge in [-0.1, -0.05) is 65.7 Å². The third-order valence-electron chi connectivity index (χ3n) is 7.12. The molecule has 38 heavy (non-hydrogen) atoms. The highest BCUT2D eigenvalue weighted by molar-refractivity contribution is 6.30. The zero-order chi connectivity index (χ0) is 26.4. The Morgan fingerprint density at radius 3 is 2.08 bits per heavy atom. The summed E-state index contributed by atoms with van der Waals surface area (Å²) >= 11 is 6.09. The molecule has 1 aromatic heterocycles. The summed E-state index contributed by atoms with van der Waals surface area (Å²) in [4.78, 5) is 13.3. The number of aliphatic hydroxyl groups is 1. The molecule has 0 bridgehead atoms. The minimum atomic E-state index is -1.18. The van der Waals surface area contributed by atoms with E-state index in [0.717, 1.165) is 66.7 Å². The maximum atomic E-state index is 12.0. The van der Waals surface area contributed by atoms with Gasteiger partial charge in [0.2, 0.25) is 5.95 Å². The Bertz CT molecular complexity index is 1290. The first kappa shape index (κ1) is 26.2. The van der Waals surface area contributed by atoms with Crippen LogP contribution in [0.3, 0.4) is 0 Å². The Hall–Kier alpha value is -3.45. The average Bonchev–Trinajstić information content (AvgIpc) is 2.96. The predicted octanol–water partition coefficient (Wildman–Crippen LogP) is 5.12. The Balaban J connectivity index is 1.20. The quantitative estimate of drug-likeness (QED) is 0.325. The summed E-state index contributed by atoms with van der Waals surface area (Å²) in [5, 5.41) is 12.7. The average molecular weight is 529 g/mol. The Morgan fingerprint density at radius 1 is 0.842 bits per heavy atom. The van der Waals surface area contributed by atoms with Crippen molar-refractivity contribution in [1.29, 1.82) is 0 Å². The van der Waals surface area contributed by atoms with Crippen LogP contribution in [0.2, 0.25) is 5.02 Å². The smallest absolute Gasteiger partial charge is 0.225 e. The lowest BCUT2D eigenvalue weighted by atomic mass is 9.81. The number of ether oxygens (including phenoxy) is 1. The van der Waals surface area contributed by atoms with E-state index in [-0.39, 0.29) is 0 Å². The SMILES string of the molecule is Cc1ccc(C(O)(Cc2ccc(Cl)cc2)c2ccc(OCCN3CCN(c4ncccn4)CC3)cc2)cc1. The highest BCUT2D eigenvalue weighted by Gasteiger charge is 2.32. The number of halogens is 1. The number of nitrogens with zero attached hydrogens (tertiary/aromatic N) is 4. The number of benzene rings is 3. The van der Waals surface area contributed by atoms with Crippen molar-refractivity contribution in [2.45, 2.75) is 18.9 Å². The molecule has 196 valence electrons. The van der Waals surface area contributed by atoms with Gasteiger partial charge in [-0.3, -0.25) is 4.90 Å². The van der Waals surface area contributed by atoms with E-state index in [0.29, 0.717) is 18.1 Å². The lowest BCUT2D eigenvalue weighted by molar-refractivity contribution is 0.0810. The van der Waals surface area contributed by atoms with Crippen molar-refractivity contribution < 1.29 is 9.84 Å². The number of aromatic nitrogens is 2. The Kier molecular flexibility index (Phi) is 8.23. The Morgan fingerprint density at radius 2 is 1.45 bits per heavy atom. The topological polar surface area (TPSA) is 61.7 Å². The van der Waals surface area contributed by atoms with Gasteiger partial charge in [0.15, 0.2) is 0 Å². The molecule has 1 atom stereocenters. The van der Waals surface area contributed by atoms with E-state index in [1.54, 1.807) is 12.4 Å². The van der Waals surface area contributed by atoms with E-state index in [2.05, 4.69) is 19.8 Å². The molecule has 1 unspecified atom stereocenters. The monoisotopic (exact) mass is 528 g/mol. The van der Waals surface area contributed by atoms with Crippen LogP contribution in [0, 0.1) is 6.92 Å². The second-order valence-corrected chi connectivity index (χ2v) is 10.2. The molecular formula is C31H33ClN4O2. The number of rotatable bonds is 9. The Labute approximate surface area is 229 Å². The van der Waals surface area contributed by atoms with Crippen LogP contribution in [0.1, 0.15) is 22.3 Å². The molecule has 5 rings (SSSR count). The summed E-state index contributed by atoms with van der Waals surface area (Å²) < 4.78 is 6.06. The second-order valence-electron chi connectivity index (χ2n) is 9.78. The molecule has 1 aliphatic rings. The van der Waals surface area contributed by atoms with Crippen molar-refractivity contribution >= 4 is 17.5 Å². The first-order valence-corrected chi connectivity index (χ1v) is 13.4. The summed E-state index contributed by atoms with van der Waals surface area (Å²) in [6, 6.07) is 25.4. The van der Waals surface area contributed by atoms with Gasteiger partial charge >= 0.3 is 0 Å². The molecule has 1 saturated heterocycles. The zero-order valence-electron chi connectivity index (χ0n) is 21.6. The van der Waals surface area contributed by atoms with Crippen LogP contribution in [-0.4, -0.2) is 59.3 Å². The fourth-order valence-electron chi connectivity index (χ4n) is 4.84. The molecule has 2 heterocycles. The molecular weight excluding hydrogens is 496 g/mol. The van der Waals surface area contributed by atoms with Crippen molar-refractivity contribution in [2.24, 2.45) is 0 Å². The van der Waals surface area contributed by atoms with Gasteiger partial charge in [0.1, 0.15) is 18.0 Å². The standard InChI is InChI=1S/C31H33ClN4O2/c1-24-3-7-26(8-4-24)31(37,23-25-5-11-28(32)12-6-25)27-9-13-29(14-10-27)38-22-21-35-17-19-36(20-18-35)30-33-15-2-16-34-30/h2-16,37H,17-23H2,1H3. The number of aryl methyl sites for hydroxylation is 1. The van der Waals surface area contributed by atoms with Crippen molar-refractivity contribution in [3.05, 3.63) is 119 Å². The van der Waals surface area contributed by atoms with E-state index in [4.69, 9.17) is 16.3 Å². The van der Waals surface area contributed by atoms with Gasteiger partial charge in [-0.05, 0) is 53.9 Å². The van der Waals surface area contributed by atoms with E-state index < -0.39 is 5.60 Å². The van der Waals surface area contributed by atoms with Crippen LogP contribution in [0.25, 0.3) is 0 Å². The highest BCUT2D eigenvalue weighted by atomic mass is 35.5. The summed E-state index contributed by atoms with van der Waals surface area (Å²) in [6.07, 6.45) is 4.01. The lowest BCUT2D eigenvalue weighted by Crippen LogP contribution is -2.48. The molecule has 0 spiro atoms. The number of hydrogen-bond acceptors (Lipinski definition) is 6. The summed E-state index contributed by atoms with van der Waals surface area (Å²) in [6.45, 7) is 7.23. The van der Waals surface area contributed by atoms with Gasteiger partial charge in [-0.15, -0.1) is 0 Å². The molecule has 0 radical (unpaired) electrons. The largest absolute Gasteiger partial charge is 0.492 e. The molecule has 4 aromatic rings. The number of hydrogen-bond donors (Lipinski definition) is 1. The van der Waals surface area contributed by atoms with E-state index in [1.807, 2.05) is 85.8 Å². The van der Waals surface area contributed by atoms with Crippen molar-refractivity contribution in [3.8, 4) is 5.75 Å². The van der Waals surface area contributed by atoms with Gasteiger partial charge in [0.05, 0.1) is 0 Å². The van der Waals surface area contributed by atoms with Crippen LogP contribution in [0.4, 0.5) is 5.95 Å². The molecule has 1 N–H and O–H groups in total. The van der Waals surface area contributed by atoms with Crippen molar-refractivity contribution in [3.63, 3.8) is 0 Å². The van der Waals surface area contributed by atoms with Gasteiger partial charge in [-0.25, -0.2) is 9.97 Å². The highest BCUT2D eigenvalue weighted by Crippen LogP contribution is 2.34. The predicted molar refractivity (Wildman–Crippen MR) is 152 cm³/mol. The van der Waals surface area contributed by atoms with Crippen LogP contribution in [-0.2, 0) is 12.0 Å². The van der Waals surface area contributed by atoms with Crippen LogP contribution < -0.4 is 9.64 Å². The molecule has 6 nitrogen and oxygen atoms in total. The third kappa shape index (κ3) is 6.33. The van der Waals surface area contributed by atoms with E-state index >= 15 is 0 Å². The van der Waals surface area contributed by atoms with Gasteiger partial charge in [0, 0.05) is 56.6 Å². The molecule has 1 fully saturated rings. The summed E-state index contributed by atoms with van der Waals surface area (Å²) in [7, 11) is 0. The number of anilines is 1. The van der Waals surface area contributed by atoms with Gasteiger partial charge in [-0.2, -0.15) is 0 Å². The molecule has 7 heteroatoms. The lowest BCUT2D eigenvalue weighted by Gasteiger charge is -2.34. The maximum absolute atomic E-state index is 12.0. The van der Waals surface area contributed by atoms with E-state index in [1.165, 1.54) is 0 Å². The van der Waals surface area contributed by atoms with Crippen LogP contribution in [0.15, 0.2) is 91.3 Å². The number of piperazine rings is 1. The summed E-state index contributed by atoms with van der Waals surface area (Å²) in [5.41, 5.74) is 2.66. The van der Waals surface area contributed by atoms with Crippen LogP contribution in [0.5, 0.6) is 5.75 Å². The van der Waals surface area contributed by atoms with Crippen molar-refractivity contribution in [1.82, 2.24) is 14.9 Å². The fraction of sp³-hybridized carbons (Fsp3) is 0.290. The van der Waals surface area contributed by atoms with Crippen molar-refractivity contribution in [2.75, 3.05) is 44.2 Å². The zero-order valence-corrected chi connectivity index (χ0v) is 22.4. The first-order chi connectivity index (χ1) is 18.5. The molecule has 3 aromatic carbocycles. The third-order valence-corrected chi connectivity index (χ3v) is 7.37. The minimum Gasteiger partial charge on any atom is -0.492 e. The normalized spacial score (nSPS) is 15.7. The van der Waals surface area contributed by atoms with Crippen LogP contribution >= 0.6 is 11.6 Å². The molecule has 0 aliphatic carbocycles. The first-order valence-electron chi connectivity index (χ1n) is 13.0.